The summed E-state index contributed by atoms with van der Waals surface area (Å²) in [7, 11) is 0. The van der Waals surface area contributed by atoms with E-state index in [0.29, 0.717) is 5.95 Å². The predicted octanol–water partition coefficient (Wildman–Crippen LogP) is 2.54. The number of aromatic nitrogens is 2. The zero-order valence-corrected chi connectivity index (χ0v) is 10.5. The van der Waals surface area contributed by atoms with Crippen molar-refractivity contribution in [2.24, 2.45) is 0 Å². The van der Waals surface area contributed by atoms with Gasteiger partial charge >= 0.3 is 6.03 Å². The molecule has 0 saturated heterocycles. The number of fused-ring (bicyclic) bond motifs is 3. The third-order valence-corrected chi connectivity index (χ3v) is 3.67. The van der Waals surface area contributed by atoms with Crippen LogP contribution in [0.4, 0.5) is 10.7 Å². The van der Waals surface area contributed by atoms with Gasteiger partial charge in [0.25, 0.3) is 0 Å². The molecule has 0 radical (unpaired) electrons. The van der Waals surface area contributed by atoms with Crippen LogP contribution in [0.2, 0.25) is 0 Å². The van der Waals surface area contributed by atoms with Gasteiger partial charge in [-0.25, -0.2) is 14.3 Å². The number of carbonyl (C=O) groups is 1. The van der Waals surface area contributed by atoms with E-state index < -0.39 is 0 Å². The summed E-state index contributed by atoms with van der Waals surface area (Å²) in [6.45, 7) is 4.10. The lowest BCUT2D eigenvalue weighted by Crippen LogP contribution is -2.58. The standard InChI is InChI=1S/C13H16N4O/c1-3-13(4-2)15-11-14-9-7-5-6-8-10(9)17(11)12(18)16-13/h5-8H,3-4H2,1-2H3,(H,14,15)(H,16,18). The quantitative estimate of drug-likeness (QED) is 0.853. The molecular weight excluding hydrogens is 228 g/mol. The minimum atomic E-state index is -0.380. The Morgan fingerprint density at radius 1 is 1.22 bits per heavy atom. The first kappa shape index (κ1) is 11.1. The number of nitrogens with zero attached hydrogens (tertiary/aromatic N) is 2. The molecule has 0 atom stereocenters. The molecule has 0 unspecified atom stereocenters. The second kappa shape index (κ2) is 3.73. The fourth-order valence-corrected chi connectivity index (χ4v) is 2.42. The molecule has 1 aliphatic heterocycles. The molecular formula is C13H16N4O. The fraction of sp³-hybridized carbons (Fsp3) is 0.385. The number of anilines is 1. The Hall–Kier alpha value is -2.04. The van der Waals surface area contributed by atoms with Crippen LogP contribution in [0.15, 0.2) is 24.3 Å². The minimum Gasteiger partial charge on any atom is -0.332 e. The van der Waals surface area contributed by atoms with E-state index in [1.54, 1.807) is 4.57 Å². The van der Waals surface area contributed by atoms with Crippen LogP contribution in [-0.4, -0.2) is 21.2 Å². The van der Waals surface area contributed by atoms with Gasteiger partial charge in [-0.2, -0.15) is 0 Å². The maximum absolute atomic E-state index is 12.3. The Bertz CT molecular complexity index is 612. The molecule has 2 aromatic rings. The van der Waals surface area contributed by atoms with Crippen LogP contribution < -0.4 is 10.6 Å². The fourth-order valence-electron chi connectivity index (χ4n) is 2.42. The first-order chi connectivity index (χ1) is 8.69. The minimum absolute atomic E-state index is 0.110. The van der Waals surface area contributed by atoms with Crippen LogP contribution in [-0.2, 0) is 0 Å². The summed E-state index contributed by atoms with van der Waals surface area (Å²) in [4.78, 5) is 16.8. The van der Waals surface area contributed by atoms with Crippen molar-refractivity contribution >= 4 is 23.0 Å². The molecule has 1 aromatic heterocycles. The Kier molecular flexibility index (Phi) is 2.29. The molecule has 1 aliphatic rings. The molecule has 94 valence electrons. The van der Waals surface area contributed by atoms with Crippen molar-refractivity contribution in [3.05, 3.63) is 24.3 Å². The molecule has 3 rings (SSSR count). The van der Waals surface area contributed by atoms with Crippen molar-refractivity contribution in [3.63, 3.8) is 0 Å². The van der Waals surface area contributed by atoms with Gasteiger partial charge in [0.2, 0.25) is 5.95 Å². The van der Waals surface area contributed by atoms with E-state index in [-0.39, 0.29) is 11.7 Å². The SMILES string of the molecule is CCC1(CC)NC(=O)n2c(nc3ccccc32)N1. The lowest BCUT2D eigenvalue weighted by Gasteiger charge is -2.37. The van der Waals surface area contributed by atoms with Gasteiger partial charge in [0.05, 0.1) is 11.0 Å². The van der Waals surface area contributed by atoms with E-state index in [0.717, 1.165) is 23.9 Å². The first-order valence-electron chi connectivity index (χ1n) is 6.27. The highest BCUT2D eigenvalue weighted by Gasteiger charge is 2.36. The van der Waals surface area contributed by atoms with Gasteiger partial charge in [0, 0.05) is 0 Å². The molecule has 5 nitrogen and oxygen atoms in total. The third kappa shape index (κ3) is 1.40. The Balaban J connectivity index is 2.18. The van der Waals surface area contributed by atoms with Gasteiger partial charge in [-0.3, -0.25) is 0 Å². The molecule has 0 saturated carbocycles. The molecule has 0 spiro atoms. The summed E-state index contributed by atoms with van der Waals surface area (Å²) in [5.41, 5.74) is 1.28. The van der Waals surface area contributed by atoms with Crippen LogP contribution in [0.5, 0.6) is 0 Å². The summed E-state index contributed by atoms with van der Waals surface area (Å²) < 4.78 is 1.60. The van der Waals surface area contributed by atoms with Gasteiger partial charge in [0.1, 0.15) is 5.66 Å². The Morgan fingerprint density at radius 3 is 2.67 bits per heavy atom. The number of hydrogen-bond acceptors (Lipinski definition) is 3. The highest BCUT2D eigenvalue weighted by Crippen LogP contribution is 2.27. The lowest BCUT2D eigenvalue weighted by molar-refractivity contribution is 0.223. The summed E-state index contributed by atoms with van der Waals surface area (Å²) >= 11 is 0. The number of carbonyl (C=O) groups excluding carboxylic acids is 1. The monoisotopic (exact) mass is 244 g/mol. The van der Waals surface area contributed by atoms with Crippen molar-refractivity contribution < 1.29 is 4.79 Å². The number of hydrogen-bond donors (Lipinski definition) is 2. The van der Waals surface area contributed by atoms with Crippen molar-refractivity contribution in [1.29, 1.82) is 0 Å². The highest BCUT2D eigenvalue weighted by atomic mass is 16.2. The van der Waals surface area contributed by atoms with Crippen LogP contribution >= 0.6 is 0 Å². The highest BCUT2D eigenvalue weighted by molar-refractivity contribution is 5.94. The van der Waals surface area contributed by atoms with Crippen molar-refractivity contribution in [3.8, 4) is 0 Å². The molecule has 1 amide bonds. The van der Waals surface area contributed by atoms with E-state index >= 15 is 0 Å². The molecule has 0 fully saturated rings. The van der Waals surface area contributed by atoms with Crippen LogP contribution in [0.3, 0.4) is 0 Å². The summed E-state index contributed by atoms with van der Waals surface area (Å²) in [6, 6.07) is 7.53. The number of para-hydroxylation sites is 2. The maximum atomic E-state index is 12.3. The zero-order chi connectivity index (χ0) is 12.8. The largest absolute Gasteiger partial charge is 0.332 e. The van der Waals surface area contributed by atoms with E-state index in [2.05, 4.69) is 29.5 Å². The molecule has 0 bridgehead atoms. The van der Waals surface area contributed by atoms with E-state index in [9.17, 15) is 4.79 Å². The second-order valence-electron chi connectivity index (χ2n) is 4.60. The molecule has 2 heterocycles. The molecule has 0 aliphatic carbocycles. The number of nitrogens with one attached hydrogen (secondary N) is 2. The molecule has 2 N–H and O–H groups in total. The summed E-state index contributed by atoms with van der Waals surface area (Å²) in [5, 5.41) is 6.39. The van der Waals surface area contributed by atoms with E-state index in [1.807, 2.05) is 24.3 Å². The topological polar surface area (TPSA) is 59.0 Å². The van der Waals surface area contributed by atoms with Crippen molar-refractivity contribution in [1.82, 2.24) is 14.9 Å². The Labute approximate surface area is 105 Å². The smallest absolute Gasteiger partial charge is 0.330 e. The lowest BCUT2D eigenvalue weighted by atomic mass is 10.0. The first-order valence-corrected chi connectivity index (χ1v) is 6.27. The van der Waals surface area contributed by atoms with Crippen molar-refractivity contribution in [2.45, 2.75) is 32.4 Å². The third-order valence-electron chi connectivity index (χ3n) is 3.67. The van der Waals surface area contributed by atoms with E-state index in [1.165, 1.54) is 0 Å². The van der Waals surface area contributed by atoms with Crippen LogP contribution in [0.25, 0.3) is 11.0 Å². The number of benzene rings is 1. The van der Waals surface area contributed by atoms with Gasteiger partial charge in [-0.15, -0.1) is 0 Å². The average Bonchev–Trinajstić information content (AvgIpc) is 2.76. The molecule has 5 heteroatoms. The maximum Gasteiger partial charge on any atom is 0.330 e. The van der Waals surface area contributed by atoms with E-state index in [4.69, 9.17) is 0 Å². The van der Waals surface area contributed by atoms with Crippen LogP contribution in [0.1, 0.15) is 26.7 Å². The van der Waals surface area contributed by atoms with Crippen LogP contribution in [0, 0.1) is 0 Å². The number of rotatable bonds is 2. The normalized spacial score (nSPS) is 17.1. The Morgan fingerprint density at radius 2 is 1.94 bits per heavy atom. The number of amides is 1. The van der Waals surface area contributed by atoms with Gasteiger partial charge in [0.15, 0.2) is 0 Å². The van der Waals surface area contributed by atoms with Gasteiger partial charge in [-0.1, -0.05) is 26.0 Å². The predicted molar refractivity (Wildman–Crippen MR) is 70.6 cm³/mol. The summed E-state index contributed by atoms with van der Waals surface area (Å²) in [6.07, 6.45) is 1.64. The summed E-state index contributed by atoms with van der Waals surface area (Å²) in [5.74, 6) is 0.628. The zero-order valence-electron chi connectivity index (χ0n) is 10.5. The van der Waals surface area contributed by atoms with Gasteiger partial charge in [-0.05, 0) is 25.0 Å². The number of imidazole rings is 1. The molecule has 18 heavy (non-hydrogen) atoms. The van der Waals surface area contributed by atoms with Gasteiger partial charge < -0.3 is 10.6 Å². The molecule has 1 aromatic carbocycles. The van der Waals surface area contributed by atoms with Crippen molar-refractivity contribution in [2.75, 3.05) is 5.32 Å². The average molecular weight is 244 g/mol. The second-order valence-corrected chi connectivity index (χ2v) is 4.60.